The maximum atomic E-state index is 13.4. The topological polar surface area (TPSA) is 48.7 Å². The summed E-state index contributed by atoms with van der Waals surface area (Å²) in [6, 6.07) is 7.34. The van der Waals surface area contributed by atoms with Crippen LogP contribution in [-0.4, -0.2) is 25.6 Å². The van der Waals surface area contributed by atoms with Crippen LogP contribution in [0.2, 0.25) is 0 Å². The third-order valence-electron chi connectivity index (χ3n) is 2.85. The molecule has 0 atom stereocenters. The molecule has 2 aromatic rings. The molecule has 0 N–H and O–H groups in total. The molecule has 5 heteroatoms. The Morgan fingerprint density at radius 3 is 2.74 bits per heavy atom. The second-order valence-corrected chi connectivity index (χ2v) is 4.24. The van der Waals surface area contributed by atoms with E-state index in [2.05, 4.69) is 0 Å². The predicted octanol–water partition coefficient (Wildman–Crippen LogP) is 2.68. The molecule has 1 aromatic heterocycles. The van der Waals surface area contributed by atoms with Gasteiger partial charge in [-0.3, -0.25) is 4.79 Å². The number of ether oxygens (including phenoxy) is 2. The van der Waals surface area contributed by atoms with Gasteiger partial charge in [-0.2, -0.15) is 0 Å². The van der Waals surface area contributed by atoms with Gasteiger partial charge in [0.15, 0.2) is 12.0 Å². The zero-order valence-corrected chi connectivity index (χ0v) is 9.97. The van der Waals surface area contributed by atoms with Gasteiger partial charge in [0.1, 0.15) is 23.4 Å². The van der Waals surface area contributed by atoms with E-state index in [0.717, 1.165) is 0 Å². The quantitative estimate of drug-likeness (QED) is 0.795. The summed E-state index contributed by atoms with van der Waals surface area (Å²) in [5.41, 5.74) is 0.486. The molecule has 0 unspecified atom stereocenters. The van der Waals surface area contributed by atoms with Crippen molar-refractivity contribution in [2.75, 3.05) is 13.2 Å². The van der Waals surface area contributed by atoms with Gasteiger partial charge in [-0.25, -0.2) is 4.39 Å². The number of rotatable bonds is 4. The monoisotopic (exact) mass is 262 g/mol. The normalized spacial score (nSPS) is 15.0. The van der Waals surface area contributed by atoms with E-state index in [1.165, 1.54) is 18.2 Å². The molecule has 1 saturated heterocycles. The molecule has 1 fully saturated rings. The second kappa shape index (κ2) is 4.85. The molecule has 3 rings (SSSR count). The van der Waals surface area contributed by atoms with E-state index in [9.17, 15) is 9.18 Å². The Labute approximate surface area is 108 Å². The number of hydrogen-bond donors (Lipinski definition) is 0. The van der Waals surface area contributed by atoms with Gasteiger partial charge in [0.2, 0.25) is 0 Å². The van der Waals surface area contributed by atoms with Crippen LogP contribution in [0.25, 0.3) is 11.3 Å². The fourth-order valence-corrected chi connectivity index (χ4v) is 1.82. The fraction of sp³-hybridized carbons (Fsp3) is 0.214. The molecule has 2 heterocycles. The molecular formula is C14H11FO4. The van der Waals surface area contributed by atoms with E-state index in [1.54, 1.807) is 12.1 Å². The highest BCUT2D eigenvalue weighted by molar-refractivity contribution is 5.74. The number of carbonyl (C=O) groups excluding carboxylic acids is 1. The Balaban J connectivity index is 1.96. The Morgan fingerprint density at radius 2 is 2.11 bits per heavy atom. The van der Waals surface area contributed by atoms with E-state index in [0.29, 0.717) is 36.6 Å². The zero-order valence-electron chi connectivity index (χ0n) is 9.97. The van der Waals surface area contributed by atoms with Crippen molar-refractivity contribution in [3.05, 3.63) is 41.9 Å². The lowest BCUT2D eigenvalue weighted by Crippen LogP contribution is -2.38. The molecule has 1 aliphatic heterocycles. The fourth-order valence-electron chi connectivity index (χ4n) is 1.82. The first kappa shape index (κ1) is 11.9. The summed E-state index contributed by atoms with van der Waals surface area (Å²) in [6.07, 6.45) is 0.577. The molecule has 0 aliphatic carbocycles. The minimum absolute atomic E-state index is 0.0234. The van der Waals surface area contributed by atoms with Crippen molar-refractivity contribution in [3.63, 3.8) is 0 Å². The lowest BCUT2D eigenvalue weighted by atomic mass is 10.1. The van der Waals surface area contributed by atoms with Crippen molar-refractivity contribution in [1.29, 1.82) is 0 Å². The van der Waals surface area contributed by atoms with E-state index >= 15 is 0 Å². The van der Waals surface area contributed by atoms with E-state index in [-0.39, 0.29) is 11.9 Å². The summed E-state index contributed by atoms with van der Waals surface area (Å²) in [6.45, 7) is 1.04. The van der Waals surface area contributed by atoms with E-state index in [1.807, 2.05) is 0 Å². The summed E-state index contributed by atoms with van der Waals surface area (Å²) in [5.74, 6) is 0.715. The third-order valence-corrected chi connectivity index (χ3v) is 2.85. The summed E-state index contributed by atoms with van der Waals surface area (Å²) < 4.78 is 29.4. The van der Waals surface area contributed by atoms with Crippen LogP contribution in [0.5, 0.6) is 5.75 Å². The molecule has 0 bridgehead atoms. The van der Waals surface area contributed by atoms with Crippen LogP contribution < -0.4 is 4.74 Å². The third kappa shape index (κ3) is 2.37. The molecule has 0 radical (unpaired) electrons. The number of furan rings is 1. The van der Waals surface area contributed by atoms with Gasteiger partial charge in [-0.05, 0) is 30.3 Å². The molecule has 0 spiro atoms. The van der Waals surface area contributed by atoms with Crippen LogP contribution in [0.15, 0.2) is 34.7 Å². The first-order valence-electron chi connectivity index (χ1n) is 5.85. The molecule has 1 aromatic carbocycles. The highest BCUT2D eigenvalue weighted by atomic mass is 19.1. The van der Waals surface area contributed by atoms with Gasteiger partial charge in [-0.15, -0.1) is 0 Å². The summed E-state index contributed by atoms with van der Waals surface area (Å²) in [4.78, 5) is 10.6. The SMILES string of the molecule is O=Cc1ccc(-c2cc(F)ccc2OC2COC2)o1. The van der Waals surface area contributed by atoms with Gasteiger partial charge >= 0.3 is 0 Å². The number of benzene rings is 1. The number of halogens is 1. The molecule has 19 heavy (non-hydrogen) atoms. The summed E-state index contributed by atoms with van der Waals surface area (Å²) >= 11 is 0. The van der Waals surface area contributed by atoms with Crippen molar-refractivity contribution >= 4 is 6.29 Å². The lowest BCUT2D eigenvalue weighted by Gasteiger charge is -2.27. The molecule has 1 aliphatic rings. The molecular weight excluding hydrogens is 251 g/mol. The van der Waals surface area contributed by atoms with Gasteiger partial charge < -0.3 is 13.9 Å². The van der Waals surface area contributed by atoms with Gasteiger partial charge in [0.25, 0.3) is 0 Å². The molecule has 4 nitrogen and oxygen atoms in total. The minimum atomic E-state index is -0.392. The van der Waals surface area contributed by atoms with E-state index in [4.69, 9.17) is 13.9 Å². The Morgan fingerprint density at radius 1 is 1.26 bits per heavy atom. The maximum Gasteiger partial charge on any atom is 0.185 e. The first-order valence-corrected chi connectivity index (χ1v) is 5.85. The Hall–Kier alpha value is -2.14. The number of hydrogen-bond acceptors (Lipinski definition) is 4. The van der Waals surface area contributed by atoms with Crippen LogP contribution in [-0.2, 0) is 4.74 Å². The minimum Gasteiger partial charge on any atom is -0.485 e. The van der Waals surface area contributed by atoms with Crippen LogP contribution in [0.4, 0.5) is 4.39 Å². The van der Waals surface area contributed by atoms with Crippen molar-refractivity contribution in [1.82, 2.24) is 0 Å². The smallest absolute Gasteiger partial charge is 0.185 e. The van der Waals surface area contributed by atoms with Crippen molar-refractivity contribution in [2.24, 2.45) is 0 Å². The van der Waals surface area contributed by atoms with Gasteiger partial charge in [0.05, 0.1) is 18.8 Å². The number of carbonyl (C=O) groups is 1. The predicted molar refractivity (Wildman–Crippen MR) is 64.7 cm³/mol. The standard InChI is InChI=1S/C14H11FO4/c15-9-1-3-13(19-11-7-17-8-11)12(5-9)14-4-2-10(6-16)18-14/h1-6,11H,7-8H2. The van der Waals surface area contributed by atoms with Crippen LogP contribution in [0.1, 0.15) is 10.6 Å². The van der Waals surface area contributed by atoms with E-state index < -0.39 is 5.82 Å². The van der Waals surface area contributed by atoms with Crippen molar-refractivity contribution in [3.8, 4) is 17.1 Å². The zero-order chi connectivity index (χ0) is 13.2. The first-order chi connectivity index (χ1) is 9.26. The molecule has 98 valence electrons. The highest BCUT2D eigenvalue weighted by Crippen LogP contribution is 2.33. The number of aldehydes is 1. The largest absolute Gasteiger partial charge is 0.485 e. The average molecular weight is 262 g/mol. The summed E-state index contributed by atoms with van der Waals surface area (Å²) in [5, 5.41) is 0. The van der Waals surface area contributed by atoms with Crippen LogP contribution in [0, 0.1) is 5.82 Å². The van der Waals surface area contributed by atoms with Crippen molar-refractivity contribution in [2.45, 2.75) is 6.10 Å². The summed E-state index contributed by atoms with van der Waals surface area (Å²) in [7, 11) is 0. The average Bonchev–Trinajstić information content (AvgIpc) is 2.83. The van der Waals surface area contributed by atoms with Gasteiger partial charge in [0, 0.05) is 0 Å². The Kier molecular flexibility index (Phi) is 3.05. The lowest BCUT2D eigenvalue weighted by molar-refractivity contribution is -0.0795. The van der Waals surface area contributed by atoms with Crippen LogP contribution >= 0.6 is 0 Å². The molecule has 0 amide bonds. The van der Waals surface area contributed by atoms with Crippen LogP contribution in [0.3, 0.4) is 0 Å². The maximum absolute atomic E-state index is 13.4. The van der Waals surface area contributed by atoms with Gasteiger partial charge in [-0.1, -0.05) is 0 Å². The second-order valence-electron chi connectivity index (χ2n) is 4.24. The molecule has 0 saturated carbocycles. The Bertz CT molecular complexity index is 601. The van der Waals surface area contributed by atoms with Crippen molar-refractivity contribution < 1.29 is 23.1 Å². The highest BCUT2D eigenvalue weighted by Gasteiger charge is 2.22.